The van der Waals surface area contributed by atoms with Gasteiger partial charge in [0, 0.05) is 43.9 Å². The lowest BCUT2D eigenvalue weighted by molar-refractivity contribution is -0.875. The molecule has 0 saturated carbocycles. The van der Waals surface area contributed by atoms with Gasteiger partial charge in [-0.15, -0.1) is 0 Å². The summed E-state index contributed by atoms with van der Waals surface area (Å²) in [5.41, 5.74) is 0. The Morgan fingerprint density at radius 2 is 1.87 bits per heavy atom. The van der Waals surface area contributed by atoms with Crippen molar-refractivity contribution in [2.45, 2.75) is 81.9 Å². The summed E-state index contributed by atoms with van der Waals surface area (Å²) in [6.07, 6.45) is 3.47. The number of rotatable bonds is 16. The maximum Gasteiger partial charge on any atom is 0.407 e. The van der Waals surface area contributed by atoms with Crippen molar-refractivity contribution in [1.29, 1.82) is 0 Å². The Bertz CT molecular complexity index is 891. The number of ether oxygens (including phenoxy) is 1. The molecule has 3 aliphatic rings. The zero-order chi connectivity index (χ0) is 28.5. The summed E-state index contributed by atoms with van der Waals surface area (Å²) < 4.78 is 29.7. The lowest BCUT2D eigenvalue weighted by Crippen LogP contribution is -3.13. The number of fused-ring (bicyclic) bond motifs is 1. The molecule has 5 N–H and O–H groups in total. The molecular formula is C24H44N5O8PS. The van der Waals surface area contributed by atoms with Crippen LogP contribution >= 0.6 is 19.4 Å². The third kappa shape index (κ3) is 8.01. The molecule has 0 radical (unpaired) electrons. The second kappa shape index (κ2) is 14.9. The van der Waals surface area contributed by atoms with Gasteiger partial charge >= 0.3 is 19.7 Å². The number of hydrogen-bond donors (Lipinski definition) is 5. The van der Waals surface area contributed by atoms with Crippen molar-refractivity contribution in [3.05, 3.63) is 5.21 Å². The van der Waals surface area contributed by atoms with E-state index in [0.717, 1.165) is 25.0 Å². The normalized spacial score (nSPS) is 29.9. The van der Waals surface area contributed by atoms with E-state index in [4.69, 9.17) is 13.8 Å². The van der Waals surface area contributed by atoms with Gasteiger partial charge in [0.05, 0.1) is 37.8 Å². The smallest absolute Gasteiger partial charge is 0.407 e. The van der Waals surface area contributed by atoms with Crippen molar-refractivity contribution in [3.8, 4) is 0 Å². The summed E-state index contributed by atoms with van der Waals surface area (Å²) in [5, 5.41) is 23.0. The fraction of sp³-hybridized carbons (Fsp3) is 0.875. The first-order valence-corrected chi connectivity index (χ1v) is 16.5. The molecule has 0 aromatic heterocycles. The van der Waals surface area contributed by atoms with Gasteiger partial charge in [0.15, 0.2) is 0 Å². The van der Waals surface area contributed by atoms with E-state index in [9.17, 15) is 24.2 Å². The fourth-order valence-electron chi connectivity index (χ4n) is 5.43. The Morgan fingerprint density at radius 1 is 1.15 bits per heavy atom. The quantitative estimate of drug-likeness (QED) is 0.0766. The van der Waals surface area contributed by atoms with E-state index < -0.39 is 24.9 Å². The average molecular weight is 594 g/mol. The summed E-state index contributed by atoms with van der Waals surface area (Å²) in [5.74, 6) is 0.435. The number of thioether (sulfide) groups is 1. The molecule has 0 aromatic rings. The Hall–Kier alpha value is -1.57. The minimum Gasteiger partial charge on any atom is -0.633 e. The Balaban J connectivity index is 1.26. The Labute approximate surface area is 234 Å². The van der Waals surface area contributed by atoms with E-state index in [1.807, 2.05) is 11.8 Å². The van der Waals surface area contributed by atoms with Gasteiger partial charge in [-0.1, -0.05) is 6.42 Å². The van der Waals surface area contributed by atoms with Crippen molar-refractivity contribution in [3.63, 3.8) is 0 Å². The molecule has 224 valence electrons. The molecule has 13 nitrogen and oxygen atoms in total. The summed E-state index contributed by atoms with van der Waals surface area (Å²) in [6.45, 7) is 6.16. The molecule has 0 aromatic carbocycles. The molecule has 0 bridgehead atoms. The van der Waals surface area contributed by atoms with Crippen LogP contribution in [0, 0.1) is 11.1 Å². The van der Waals surface area contributed by atoms with Gasteiger partial charge in [0.25, 0.3) is 0 Å². The van der Waals surface area contributed by atoms with E-state index in [1.165, 1.54) is 0 Å². The fourth-order valence-corrected chi connectivity index (χ4v) is 9.33. The molecule has 3 saturated heterocycles. The van der Waals surface area contributed by atoms with Crippen LogP contribution in [-0.4, -0.2) is 85.9 Å². The lowest BCUT2D eigenvalue weighted by atomic mass is 10.0. The standard InChI is InChI=1S/C24H44N5O8PS/c1-4-36-38(34,37-5-2)24(3)17(11-14-29(24)33)15-35-23(32)26-13-8-12-25-20(30)10-7-6-9-19-21-18(16-39-19)27-22(31)28-21/h17-19,21,29H,4-16H2,1-3H3,(H,25,30)(H,26,32)(H2,27,28,31). The largest absolute Gasteiger partial charge is 0.633 e. The van der Waals surface area contributed by atoms with E-state index in [0.29, 0.717) is 37.6 Å². The third-order valence-corrected chi connectivity index (χ3v) is 12.1. The highest BCUT2D eigenvalue weighted by Gasteiger charge is 2.61. The maximum atomic E-state index is 13.4. The topological polar surface area (TPSA) is 172 Å². The molecule has 6 atom stereocenters. The van der Waals surface area contributed by atoms with Crippen molar-refractivity contribution < 1.29 is 37.8 Å². The third-order valence-electron chi connectivity index (χ3n) is 7.69. The number of alkyl carbamates (subject to hydrolysis) is 1. The van der Waals surface area contributed by atoms with Crippen LogP contribution in [0.15, 0.2) is 0 Å². The molecule has 0 spiro atoms. The second-order valence-corrected chi connectivity index (χ2v) is 13.9. The van der Waals surface area contributed by atoms with Crippen molar-refractivity contribution in [2.24, 2.45) is 5.92 Å². The molecule has 4 amide bonds. The van der Waals surface area contributed by atoms with E-state index >= 15 is 0 Å². The molecule has 0 aliphatic carbocycles. The maximum absolute atomic E-state index is 13.4. The first-order chi connectivity index (χ1) is 18.6. The minimum atomic E-state index is -3.73. The Kier molecular flexibility index (Phi) is 12.2. The van der Waals surface area contributed by atoms with Crippen molar-refractivity contribution >= 4 is 37.4 Å². The summed E-state index contributed by atoms with van der Waals surface area (Å²) in [4.78, 5) is 35.8. The van der Waals surface area contributed by atoms with Crippen LogP contribution in [0.2, 0.25) is 0 Å². The molecule has 6 unspecified atom stereocenters. The van der Waals surface area contributed by atoms with Gasteiger partial charge < -0.3 is 45.3 Å². The van der Waals surface area contributed by atoms with Crippen molar-refractivity contribution in [1.82, 2.24) is 21.3 Å². The van der Waals surface area contributed by atoms with Gasteiger partial charge in [0.2, 0.25) is 11.2 Å². The van der Waals surface area contributed by atoms with E-state index in [2.05, 4.69) is 21.3 Å². The highest BCUT2D eigenvalue weighted by Crippen LogP contribution is 2.61. The number of urea groups is 1. The molecule has 3 aliphatic heterocycles. The second-order valence-electron chi connectivity index (χ2n) is 10.2. The number of amides is 4. The number of quaternary nitrogens is 1. The lowest BCUT2D eigenvalue weighted by Gasteiger charge is -2.41. The van der Waals surface area contributed by atoms with Crippen LogP contribution in [0.25, 0.3) is 0 Å². The highest BCUT2D eigenvalue weighted by molar-refractivity contribution is 8.00. The predicted octanol–water partition coefficient (Wildman–Crippen LogP) is 1.33. The monoisotopic (exact) mass is 593 g/mol. The molecule has 3 fully saturated rings. The number of hydroxylamine groups is 2. The van der Waals surface area contributed by atoms with Crippen LogP contribution in [0.5, 0.6) is 0 Å². The van der Waals surface area contributed by atoms with E-state index in [-0.39, 0.29) is 55.5 Å². The van der Waals surface area contributed by atoms with Crippen LogP contribution in [-0.2, 0) is 23.1 Å². The zero-order valence-electron chi connectivity index (χ0n) is 23.1. The number of unbranched alkanes of at least 4 members (excludes halogenated alkanes) is 1. The SMILES string of the molecule is CCOP(=O)(OCC)C1(C)C(COC(=O)NCCCNC(=O)CCCCC2SCC3NC(=O)NC32)CC[NH+]1[O-]. The predicted molar refractivity (Wildman–Crippen MR) is 148 cm³/mol. The zero-order valence-corrected chi connectivity index (χ0v) is 24.8. The van der Waals surface area contributed by atoms with Gasteiger partial charge in [0.1, 0.15) is 6.61 Å². The summed E-state index contributed by atoms with van der Waals surface area (Å²) >= 11 is 1.87. The first-order valence-electron chi connectivity index (χ1n) is 13.9. The van der Waals surface area contributed by atoms with Gasteiger partial charge in [-0.25, -0.2) is 9.59 Å². The molecule has 3 rings (SSSR count). The van der Waals surface area contributed by atoms with Crippen LogP contribution in [0.3, 0.4) is 0 Å². The number of carbonyl (C=O) groups excluding carboxylic acids is 3. The van der Waals surface area contributed by atoms with Crippen LogP contribution < -0.4 is 26.3 Å². The summed E-state index contributed by atoms with van der Waals surface area (Å²) in [6, 6.07) is 0.318. The van der Waals surface area contributed by atoms with E-state index in [1.54, 1.807) is 20.8 Å². The summed E-state index contributed by atoms with van der Waals surface area (Å²) in [7, 11) is -3.73. The number of nitrogens with one attached hydrogen (secondary N) is 5. The number of hydrogen-bond acceptors (Lipinski definition) is 9. The van der Waals surface area contributed by atoms with Crippen LogP contribution in [0.1, 0.15) is 59.3 Å². The molecule has 39 heavy (non-hydrogen) atoms. The highest BCUT2D eigenvalue weighted by atomic mass is 32.2. The molecular weight excluding hydrogens is 549 g/mol. The van der Waals surface area contributed by atoms with Crippen molar-refractivity contribution in [2.75, 3.05) is 45.2 Å². The van der Waals surface area contributed by atoms with Gasteiger partial charge in [-0.3, -0.25) is 9.36 Å². The minimum absolute atomic E-state index is 0.0245. The Morgan fingerprint density at radius 3 is 2.59 bits per heavy atom. The molecule has 3 heterocycles. The average Bonchev–Trinajstić information content (AvgIpc) is 3.54. The number of carbonyl (C=O) groups is 3. The van der Waals surface area contributed by atoms with Gasteiger partial charge in [-0.05, 0) is 33.1 Å². The van der Waals surface area contributed by atoms with Gasteiger partial charge in [-0.2, -0.15) is 11.8 Å². The first kappa shape index (κ1) is 32.0. The van der Waals surface area contributed by atoms with Crippen LogP contribution in [0.4, 0.5) is 9.59 Å². The molecule has 15 heteroatoms.